The topological polar surface area (TPSA) is 61.6 Å². The van der Waals surface area contributed by atoms with Crippen molar-refractivity contribution in [1.82, 2.24) is 0 Å². The molecule has 0 spiro atoms. The molecule has 19 heavy (non-hydrogen) atoms. The normalized spacial score (nSPS) is 14.3. The van der Waals surface area contributed by atoms with Crippen molar-refractivity contribution in [3.8, 4) is 11.5 Å². The molecule has 4 nitrogen and oxygen atoms in total. The molecular weight excluding hydrogens is 242 g/mol. The quantitative estimate of drug-likeness (QED) is 0.829. The molecule has 0 aliphatic carbocycles. The highest BCUT2D eigenvalue weighted by Crippen LogP contribution is 2.35. The van der Waals surface area contributed by atoms with E-state index in [1.807, 2.05) is 13.8 Å². The molecule has 1 aliphatic rings. The summed E-state index contributed by atoms with van der Waals surface area (Å²) in [5.41, 5.74) is 6.01. The first-order valence-electron chi connectivity index (χ1n) is 6.81. The lowest BCUT2D eigenvalue weighted by molar-refractivity contribution is 0.0786. The Hall–Kier alpha value is -1.55. The van der Waals surface area contributed by atoms with Gasteiger partial charge < -0.3 is 15.2 Å². The van der Waals surface area contributed by atoms with Crippen LogP contribution in [0.2, 0.25) is 0 Å². The standard InChI is InChI=1S/C15H21NO3/c1-3-15(4-2,10-16)14(17)11-5-6-12-13(9-11)19-8-7-18-12/h5-6,9H,3-4,7-8,10,16H2,1-2H3. The van der Waals surface area contributed by atoms with Gasteiger partial charge in [0.2, 0.25) is 0 Å². The summed E-state index contributed by atoms with van der Waals surface area (Å²) >= 11 is 0. The number of rotatable bonds is 5. The Morgan fingerprint density at radius 2 is 1.84 bits per heavy atom. The molecule has 0 saturated carbocycles. The Kier molecular flexibility index (Phi) is 4.10. The van der Waals surface area contributed by atoms with E-state index in [0.717, 1.165) is 12.8 Å². The van der Waals surface area contributed by atoms with E-state index in [-0.39, 0.29) is 5.78 Å². The van der Waals surface area contributed by atoms with Crippen LogP contribution in [0, 0.1) is 5.41 Å². The third kappa shape index (κ3) is 2.45. The molecule has 1 heterocycles. The van der Waals surface area contributed by atoms with Crippen LogP contribution >= 0.6 is 0 Å². The van der Waals surface area contributed by atoms with Gasteiger partial charge in [-0.25, -0.2) is 0 Å². The molecule has 0 saturated heterocycles. The number of ketones is 1. The van der Waals surface area contributed by atoms with E-state index in [0.29, 0.717) is 36.8 Å². The van der Waals surface area contributed by atoms with Crippen molar-refractivity contribution >= 4 is 5.78 Å². The third-order valence-corrected chi connectivity index (χ3v) is 4.03. The Morgan fingerprint density at radius 1 is 1.21 bits per heavy atom. The van der Waals surface area contributed by atoms with Crippen LogP contribution in [0.3, 0.4) is 0 Å². The third-order valence-electron chi connectivity index (χ3n) is 4.03. The molecule has 0 bridgehead atoms. The van der Waals surface area contributed by atoms with Crippen LogP contribution in [0.4, 0.5) is 0 Å². The van der Waals surface area contributed by atoms with Gasteiger partial charge in [-0.15, -0.1) is 0 Å². The number of hydrogen-bond acceptors (Lipinski definition) is 4. The lowest BCUT2D eigenvalue weighted by Gasteiger charge is -2.29. The van der Waals surface area contributed by atoms with Gasteiger partial charge >= 0.3 is 0 Å². The SMILES string of the molecule is CCC(CC)(CN)C(=O)c1ccc2c(c1)OCCO2. The average molecular weight is 263 g/mol. The highest BCUT2D eigenvalue weighted by molar-refractivity contribution is 6.01. The van der Waals surface area contributed by atoms with E-state index in [4.69, 9.17) is 15.2 Å². The van der Waals surface area contributed by atoms with Crippen molar-refractivity contribution in [2.75, 3.05) is 19.8 Å². The first-order chi connectivity index (χ1) is 9.16. The van der Waals surface area contributed by atoms with Crippen LogP contribution in [0.1, 0.15) is 37.0 Å². The lowest BCUT2D eigenvalue weighted by Crippen LogP contribution is -2.37. The summed E-state index contributed by atoms with van der Waals surface area (Å²) in [6.45, 7) is 5.46. The van der Waals surface area contributed by atoms with E-state index < -0.39 is 5.41 Å². The minimum atomic E-state index is -0.468. The number of carbonyl (C=O) groups is 1. The highest BCUT2D eigenvalue weighted by Gasteiger charge is 2.34. The number of nitrogens with two attached hydrogens (primary N) is 1. The highest BCUT2D eigenvalue weighted by atomic mass is 16.6. The molecule has 0 unspecified atom stereocenters. The minimum absolute atomic E-state index is 0.0944. The second-order valence-electron chi connectivity index (χ2n) is 4.88. The average Bonchev–Trinajstić information content (AvgIpc) is 2.49. The fourth-order valence-electron chi connectivity index (χ4n) is 2.44. The zero-order valence-corrected chi connectivity index (χ0v) is 11.6. The Labute approximate surface area is 113 Å². The molecule has 4 heteroatoms. The van der Waals surface area contributed by atoms with Crippen molar-refractivity contribution in [3.63, 3.8) is 0 Å². The summed E-state index contributed by atoms with van der Waals surface area (Å²) in [6, 6.07) is 5.37. The molecule has 2 rings (SSSR count). The van der Waals surface area contributed by atoms with E-state index in [2.05, 4.69) is 0 Å². The van der Waals surface area contributed by atoms with Crippen molar-refractivity contribution in [1.29, 1.82) is 0 Å². The monoisotopic (exact) mass is 263 g/mol. The van der Waals surface area contributed by atoms with Gasteiger partial charge in [0.1, 0.15) is 13.2 Å². The van der Waals surface area contributed by atoms with Crippen molar-refractivity contribution in [3.05, 3.63) is 23.8 Å². The Bertz CT molecular complexity index is 458. The van der Waals surface area contributed by atoms with E-state index in [9.17, 15) is 4.79 Å². The predicted molar refractivity (Wildman–Crippen MR) is 73.8 cm³/mol. The second-order valence-corrected chi connectivity index (χ2v) is 4.88. The largest absolute Gasteiger partial charge is 0.486 e. The summed E-state index contributed by atoms with van der Waals surface area (Å²) < 4.78 is 11.0. The number of benzene rings is 1. The van der Waals surface area contributed by atoms with Crippen molar-refractivity contribution < 1.29 is 14.3 Å². The van der Waals surface area contributed by atoms with Crippen LogP contribution in [0.25, 0.3) is 0 Å². The molecule has 1 aliphatic heterocycles. The molecule has 1 aromatic carbocycles. The van der Waals surface area contributed by atoms with Gasteiger partial charge in [0.05, 0.1) is 0 Å². The zero-order chi connectivity index (χ0) is 13.9. The number of hydrogen-bond donors (Lipinski definition) is 1. The second kappa shape index (κ2) is 5.61. The molecule has 2 N–H and O–H groups in total. The van der Waals surface area contributed by atoms with Crippen LogP contribution < -0.4 is 15.2 Å². The Morgan fingerprint density at radius 3 is 2.42 bits per heavy atom. The van der Waals surface area contributed by atoms with Gasteiger partial charge in [-0.1, -0.05) is 13.8 Å². The summed E-state index contributed by atoms with van der Waals surface area (Å²) in [5, 5.41) is 0. The van der Waals surface area contributed by atoms with Crippen molar-refractivity contribution in [2.45, 2.75) is 26.7 Å². The fraction of sp³-hybridized carbons (Fsp3) is 0.533. The van der Waals surface area contributed by atoms with Crippen molar-refractivity contribution in [2.24, 2.45) is 11.1 Å². The van der Waals surface area contributed by atoms with E-state index >= 15 is 0 Å². The molecule has 0 amide bonds. The minimum Gasteiger partial charge on any atom is -0.486 e. The first-order valence-corrected chi connectivity index (χ1v) is 6.81. The van der Waals surface area contributed by atoms with Gasteiger partial charge in [0, 0.05) is 17.5 Å². The van der Waals surface area contributed by atoms with Gasteiger partial charge in [-0.3, -0.25) is 4.79 Å². The molecular formula is C15H21NO3. The smallest absolute Gasteiger partial charge is 0.170 e. The number of Topliss-reactive ketones (excluding diaryl/α,β-unsaturated/α-hetero) is 1. The summed E-state index contributed by atoms with van der Waals surface area (Å²) in [4.78, 5) is 12.7. The maximum absolute atomic E-state index is 12.7. The summed E-state index contributed by atoms with van der Waals surface area (Å²) in [5.74, 6) is 1.45. The maximum Gasteiger partial charge on any atom is 0.170 e. The molecule has 1 aromatic rings. The first kappa shape index (κ1) is 13.9. The summed E-state index contributed by atoms with van der Waals surface area (Å²) in [6.07, 6.45) is 1.49. The van der Waals surface area contributed by atoms with Crippen LogP contribution in [-0.4, -0.2) is 25.5 Å². The molecule has 0 aromatic heterocycles. The van der Waals surface area contributed by atoms with Gasteiger partial charge in [0.15, 0.2) is 17.3 Å². The van der Waals surface area contributed by atoms with E-state index in [1.54, 1.807) is 18.2 Å². The van der Waals surface area contributed by atoms with Gasteiger partial charge in [-0.05, 0) is 31.0 Å². The lowest BCUT2D eigenvalue weighted by atomic mass is 9.76. The molecule has 104 valence electrons. The number of fused-ring (bicyclic) bond motifs is 1. The van der Waals surface area contributed by atoms with Gasteiger partial charge in [0.25, 0.3) is 0 Å². The van der Waals surface area contributed by atoms with Crippen LogP contribution in [0.15, 0.2) is 18.2 Å². The Balaban J connectivity index is 2.33. The number of carbonyl (C=O) groups excluding carboxylic acids is 1. The molecule has 0 radical (unpaired) electrons. The van der Waals surface area contributed by atoms with Crippen LogP contribution in [0.5, 0.6) is 11.5 Å². The summed E-state index contributed by atoms with van der Waals surface area (Å²) in [7, 11) is 0. The molecule has 0 fully saturated rings. The predicted octanol–water partition coefficient (Wildman–Crippen LogP) is 2.41. The zero-order valence-electron chi connectivity index (χ0n) is 11.6. The van der Waals surface area contributed by atoms with E-state index in [1.165, 1.54) is 0 Å². The van der Waals surface area contributed by atoms with Gasteiger partial charge in [-0.2, -0.15) is 0 Å². The van der Waals surface area contributed by atoms with Crippen LogP contribution in [-0.2, 0) is 0 Å². The number of ether oxygens (including phenoxy) is 2. The maximum atomic E-state index is 12.7. The molecule has 0 atom stereocenters. The fourth-order valence-corrected chi connectivity index (χ4v) is 2.44.